The summed E-state index contributed by atoms with van der Waals surface area (Å²) in [6, 6.07) is 9.03. The molecule has 1 saturated carbocycles. The first kappa shape index (κ1) is 12.8. The van der Waals surface area contributed by atoms with Crippen LogP contribution in [0.4, 0.5) is 0 Å². The van der Waals surface area contributed by atoms with Crippen LogP contribution >= 0.6 is 11.5 Å². The van der Waals surface area contributed by atoms with Crippen LogP contribution in [-0.4, -0.2) is 16.6 Å². The second-order valence-electron chi connectivity index (χ2n) is 5.20. The molecular formula is C15H19N3S. The zero-order chi connectivity index (χ0) is 13.2. The normalized spacial score (nSPS) is 17.2. The minimum Gasteiger partial charge on any atom is -0.309 e. The summed E-state index contributed by atoms with van der Waals surface area (Å²) in [6.45, 7) is 2.04. The van der Waals surface area contributed by atoms with E-state index in [1.807, 2.05) is 14.0 Å². The van der Waals surface area contributed by atoms with Crippen molar-refractivity contribution >= 4 is 11.5 Å². The smallest absolute Gasteiger partial charge is 0.0776 e. The van der Waals surface area contributed by atoms with E-state index in [0.717, 1.165) is 11.6 Å². The molecule has 1 unspecified atom stereocenters. The summed E-state index contributed by atoms with van der Waals surface area (Å²) in [5.41, 5.74) is 3.93. The molecule has 1 aromatic carbocycles. The van der Waals surface area contributed by atoms with E-state index in [0.29, 0.717) is 0 Å². The Morgan fingerprint density at radius 2 is 2.11 bits per heavy atom. The molecule has 100 valence electrons. The molecule has 1 N–H and O–H groups in total. The van der Waals surface area contributed by atoms with Gasteiger partial charge < -0.3 is 5.32 Å². The number of aryl methyl sites for hydroxylation is 1. The molecule has 2 aromatic rings. The maximum absolute atomic E-state index is 4.15. The van der Waals surface area contributed by atoms with Gasteiger partial charge >= 0.3 is 0 Å². The molecule has 0 saturated heterocycles. The van der Waals surface area contributed by atoms with Crippen LogP contribution in [0.5, 0.6) is 0 Å². The first-order valence-electron chi connectivity index (χ1n) is 6.86. The van der Waals surface area contributed by atoms with Gasteiger partial charge in [0.2, 0.25) is 0 Å². The van der Waals surface area contributed by atoms with E-state index < -0.39 is 0 Å². The highest BCUT2D eigenvalue weighted by Gasteiger charge is 2.26. The molecule has 19 heavy (non-hydrogen) atoms. The lowest BCUT2D eigenvalue weighted by Gasteiger charge is -2.30. The lowest BCUT2D eigenvalue weighted by atomic mass is 9.77. The number of nitrogens with zero attached hydrogens (tertiary/aromatic N) is 2. The van der Waals surface area contributed by atoms with Gasteiger partial charge in [0.1, 0.15) is 0 Å². The molecule has 0 bridgehead atoms. The molecule has 1 atom stereocenters. The van der Waals surface area contributed by atoms with Gasteiger partial charge in [0.25, 0.3) is 0 Å². The first-order valence-corrected chi connectivity index (χ1v) is 7.63. The van der Waals surface area contributed by atoms with Crippen LogP contribution < -0.4 is 5.32 Å². The van der Waals surface area contributed by atoms with Gasteiger partial charge in [-0.1, -0.05) is 35.2 Å². The number of nitrogens with one attached hydrogen (secondary N) is 1. The Kier molecular flexibility index (Phi) is 3.62. The van der Waals surface area contributed by atoms with Crippen LogP contribution in [0.2, 0.25) is 0 Å². The van der Waals surface area contributed by atoms with E-state index in [4.69, 9.17) is 0 Å². The SMILES string of the molecule is CNC(c1ccccc1C1CCC1)c1snnc1C. The quantitative estimate of drug-likeness (QED) is 0.927. The largest absolute Gasteiger partial charge is 0.309 e. The van der Waals surface area contributed by atoms with Gasteiger partial charge in [0.05, 0.1) is 16.6 Å². The molecule has 0 spiro atoms. The van der Waals surface area contributed by atoms with Gasteiger partial charge in [0.15, 0.2) is 0 Å². The molecule has 1 aromatic heterocycles. The Morgan fingerprint density at radius 1 is 1.32 bits per heavy atom. The Labute approximate surface area is 118 Å². The predicted octanol–water partition coefficient (Wildman–Crippen LogP) is 3.42. The molecule has 1 aliphatic rings. The van der Waals surface area contributed by atoms with Gasteiger partial charge in [-0.05, 0) is 55.4 Å². The molecule has 1 fully saturated rings. The van der Waals surface area contributed by atoms with Crippen molar-refractivity contribution in [3.05, 3.63) is 46.0 Å². The van der Waals surface area contributed by atoms with Crippen molar-refractivity contribution in [3.8, 4) is 0 Å². The Balaban J connectivity index is 2.02. The van der Waals surface area contributed by atoms with E-state index in [1.54, 1.807) is 0 Å². The van der Waals surface area contributed by atoms with E-state index in [2.05, 4.69) is 39.2 Å². The molecule has 1 aliphatic carbocycles. The third kappa shape index (κ3) is 2.30. The van der Waals surface area contributed by atoms with Gasteiger partial charge in [0, 0.05) is 0 Å². The van der Waals surface area contributed by atoms with Crippen molar-refractivity contribution in [1.82, 2.24) is 14.9 Å². The molecule has 4 heteroatoms. The van der Waals surface area contributed by atoms with Crippen molar-refractivity contribution in [2.24, 2.45) is 0 Å². The van der Waals surface area contributed by atoms with Crippen molar-refractivity contribution < 1.29 is 0 Å². The molecule has 1 heterocycles. The number of hydrogen-bond donors (Lipinski definition) is 1. The summed E-state index contributed by atoms with van der Waals surface area (Å²) in [6.07, 6.45) is 4.02. The highest BCUT2D eigenvalue weighted by atomic mass is 32.1. The minimum atomic E-state index is 0.219. The van der Waals surface area contributed by atoms with Crippen molar-refractivity contribution in [3.63, 3.8) is 0 Å². The third-order valence-electron chi connectivity index (χ3n) is 4.09. The van der Waals surface area contributed by atoms with Crippen molar-refractivity contribution in [1.29, 1.82) is 0 Å². The first-order chi connectivity index (χ1) is 9.31. The van der Waals surface area contributed by atoms with Gasteiger partial charge in [-0.2, -0.15) is 0 Å². The minimum absolute atomic E-state index is 0.219. The number of hydrogen-bond acceptors (Lipinski definition) is 4. The summed E-state index contributed by atoms with van der Waals surface area (Å²) in [5, 5.41) is 7.58. The summed E-state index contributed by atoms with van der Waals surface area (Å²) in [5.74, 6) is 0.744. The number of aromatic nitrogens is 2. The predicted molar refractivity (Wildman–Crippen MR) is 78.6 cm³/mol. The van der Waals surface area contributed by atoms with Crippen LogP contribution in [0.25, 0.3) is 0 Å². The van der Waals surface area contributed by atoms with Crippen LogP contribution in [0.3, 0.4) is 0 Å². The topological polar surface area (TPSA) is 37.8 Å². The standard InChI is InChI=1S/C15H19N3S/c1-10-15(19-18-17-10)14(16-2)13-9-4-3-8-12(13)11-6-5-7-11/h3-4,8-9,11,14,16H,5-7H2,1-2H3. The van der Waals surface area contributed by atoms with Crippen molar-refractivity contribution in [2.75, 3.05) is 7.05 Å². The molecule has 3 rings (SSSR count). The van der Waals surface area contributed by atoms with Crippen LogP contribution in [0.1, 0.15) is 52.9 Å². The maximum Gasteiger partial charge on any atom is 0.0776 e. The summed E-state index contributed by atoms with van der Waals surface area (Å²) in [7, 11) is 2.02. The second kappa shape index (κ2) is 5.39. The lowest BCUT2D eigenvalue weighted by Crippen LogP contribution is -2.21. The highest BCUT2D eigenvalue weighted by molar-refractivity contribution is 7.05. The van der Waals surface area contributed by atoms with E-state index in [9.17, 15) is 0 Å². The number of rotatable bonds is 4. The second-order valence-corrected chi connectivity index (χ2v) is 5.99. The highest BCUT2D eigenvalue weighted by Crippen LogP contribution is 2.41. The Morgan fingerprint density at radius 3 is 2.68 bits per heavy atom. The molecule has 0 radical (unpaired) electrons. The van der Waals surface area contributed by atoms with Crippen LogP contribution in [0, 0.1) is 6.92 Å². The average Bonchev–Trinajstić information content (AvgIpc) is 2.77. The van der Waals surface area contributed by atoms with Crippen molar-refractivity contribution in [2.45, 2.75) is 38.1 Å². The fourth-order valence-electron chi connectivity index (χ4n) is 2.80. The van der Waals surface area contributed by atoms with Crippen LogP contribution in [-0.2, 0) is 0 Å². The molecular weight excluding hydrogens is 254 g/mol. The monoisotopic (exact) mass is 273 g/mol. The summed E-state index contributed by atoms with van der Waals surface area (Å²) in [4.78, 5) is 1.23. The Hall–Kier alpha value is -1.26. The Bertz CT molecular complexity index is 560. The van der Waals surface area contributed by atoms with E-state index in [-0.39, 0.29) is 6.04 Å². The van der Waals surface area contributed by atoms with Crippen LogP contribution in [0.15, 0.2) is 24.3 Å². The van der Waals surface area contributed by atoms with E-state index in [1.165, 1.54) is 46.8 Å². The fourth-order valence-corrected chi connectivity index (χ4v) is 3.57. The lowest BCUT2D eigenvalue weighted by molar-refractivity contribution is 0.415. The average molecular weight is 273 g/mol. The molecule has 0 amide bonds. The fraction of sp³-hybridized carbons (Fsp3) is 0.467. The number of benzene rings is 1. The molecule has 3 nitrogen and oxygen atoms in total. The zero-order valence-corrected chi connectivity index (χ0v) is 12.2. The van der Waals surface area contributed by atoms with E-state index >= 15 is 0 Å². The van der Waals surface area contributed by atoms with Gasteiger partial charge in [-0.25, -0.2) is 0 Å². The summed E-state index contributed by atoms with van der Waals surface area (Å²) >= 11 is 1.50. The van der Waals surface area contributed by atoms with Gasteiger partial charge in [-0.15, -0.1) is 5.10 Å². The summed E-state index contributed by atoms with van der Waals surface area (Å²) < 4.78 is 4.08. The third-order valence-corrected chi connectivity index (χ3v) is 4.98. The zero-order valence-electron chi connectivity index (χ0n) is 11.4. The van der Waals surface area contributed by atoms with Gasteiger partial charge in [-0.3, -0.25) is 0 Å². The molecule has 0 aliphatic heterocycles. The maximum atomic E-state index is 4.15.